The summed E-state index contributed by atoms with van der Waals surface area (Å²) in [5.74, 6) is -0.295. The molecule has 0 aliphatic carbocycles. The number of rotatable bonds is 8. The molecule has 1 fully saturated rings. The molecule has 226 valence electrons. The van der Waals surface area contributed by atoms with E-state index >= 15 is 0 Å². The highest BCUT2D eigenvalue weighted by Gasteiger charge is 2.33. The van der Waals surface area contributed by atoms with E-state index < -0.39 is 6.09 Å². The number of para-hydroxylation sites is 1. The van der Waals surface area contributed by atoms with Crippen LogP contribution >= 0.6 is 0 Å². The number of carbonyl (C=O) groups is 3. The van der Waals surface area contributed by atoms with Gasteiger partial charge in [-0.1, -0.05) is 44.7 Å². The van der Waals surface area contributed by atoms with Crippen LogP contribution in [-0.4, -0.2) is 72.2 Å². The van der Waals surface area contributed by atoms with E-state index in [9.17, 15) is 14.4 Å². The lowest BCUT2D eigenvalue weighted by Crippen LogP contribution is -2.44. The van der Waals surface area contributed by atoms with Crippen molar-refractivity contribution in [2.24, 2.45) is 0 Å². The molecule has 0 atom stereocenters. The number of aromatic nitrogens is 1. The highest BCUT2D eigenvalue weighted by molar-refractivity contribution is 6.05. The van der Waals surface area contributed by atoms with Gasteiger partial charge in [0.1, 0.15) is 6.61 Å². The molecule has 3 aromatic rings. The molecule has 2 aliphatic rings. The topological polar surface area (TPSA) is 99.2 Å². The predicted molar refractivity (Wildman–Crippen MR) is 169 cm³/mol. The average Bonchev–Trinajstić information content (AvgIpc) is 3.61. The molecule has 3 amide bonds. The van der Waals surface area contributed by atoms with Gasteiger partial charge in [0.05, 0.1) is 24.5 Å². The summed E-state index contributed by atoms with van der Waals surface area (Å²) in [6.45, 7) is 12.1. The van der Waals surface area contributed by atoms with Crippen LogP contribution in [0, 0.1) is 0 Å². The number of ether oxygens (including phenoxy) is 1. The number of urea groups is 1. The SMILES string of the molecule is C=CCOC(=O)n1cc(NC(=O)c2ccc(N3CCN(C)CC3)cc2)c2c1CN(C(=O)Nc1c(CC)cccc1CC)C2. The van der Waals surface area contributed by atoms with Crippen molar-refractivity contribution in [1.82, 2.24) is 14.4 Å². The Balaban J connectivity index is 1.35. The van der Waals surface area contributed by atoms with E-state index in [1.165, 1.54) is 10.6 Å². The van der Waals surface area contributed by atoms with Crippen molar-refractivity contribution in [3.63, 3.8) is 0 Å². The molecule has 5 rings (SSSR count). The number of hydrogen-bond donors (Lipinski definition) is 2. The average molecular weight is 585 g/mol. The van der Waals surface area contributed by atoms with Gasteiger partial charge in [0.2, 0.25) is 0 Å². The second kappa shape index (κ2) is 13.2. The molecule has 10 heteroatoms. The van der Waals surface area contributed by atoms with Crippen molar-refractivity contribution in [3.05, 3.63) is 89.3 Å². The Hall–Kier alpha value is -4.57. The number of fused-ring (bicyclic) bond motifs is 1. The normalized spacial score (nSPS) is 14.8. The Morgan fingerprint density at radius 2 is 1.60 bits per heavy atom. The maximum atomic E-state index is 13.5. The molecule has 3 heterocycles. The lowest BCUT2D eigenvalue weighted by molar-refractivity contribution is 0.102. The second-order valence-corrected chi connectivity index (χ2v) is 10.9. The van der Waals surface area contributed by atoms with E-state index in [4.69, 9.17) is 4.74 Å². The lowest BCUT2D eigenvalue weighted by atomic mass is 10.0. The lowest BCUT2D eigenvalue weighted by Gasteiger charge is -2.34. The maximum Gasteiger partial charge on any atom is 0.418 e. The fourth-order valence-corrected chi connectivity index (χ4v) is 5.65. The van der Waals surface area contributed by atoms with Gasteiger partial charge < -0.3 is 30.1 Å². The first-order valence-corrected chi connectivity index (χ1v) is 14.9. The zero-order chi connectivity index (χ0) is 30.5. The second-order valence-electron chi connectivity index (χ2n) is 10.9. The molecule has 2 N–H and O–H groups in total. The number of anilines is 3. The Kier molecular flexibility index (Phi) is 9.16. The van der Waals surface area contributed by atoms with Crippen LogP contribution in [0.15, 0.2) is 61.3 Å². The Bertz CT molecular complexity index is 1480. The quantitative estimate of drug-likeness (QED) is 0.347. The summed E-state index contributed by atoms with van der Waals surface area (Å²) in [4.78, 5) is 46.0. The highest BCUT2D eigenvalue weighted by Crippen LogP contribution is 2.33. The number of hydrogen-bond acceptors (Lipinski definition) is 6. The highest BCUT2D eigenvalue weighted by atomic mass is 16.5. The van der Waals surface area contributed by atoms with Crippen LogP contribution < -0.4 is 15.5 Å². The minimum Gasteiger partial charge on any atom is -0.445 e. The molecule has 0 bridgehead atoms. The third-order valence-corrected chi connectivity index (χ3v) is 8.20. The number of amides is 3. The van der Waals surface area contributed by atoms with E-state index in [0.717, 1.165) is 61.5 Å². The Morgan fingerprint density at radius 1 is 0.930 bits per heavy atom. The molecule has 1 saturated heterocycles. The summed E-state index contributed by atoms with van der Waals surface area (Å²) in [6, 6.07) is 13.3. The van der Waals surface area contributed by atoms with Crippen molar-refractivity contribution in [1.29, 1.82) is 0 Å². The Morgan fingerprint density at radius 3 is 2.23 bits per heavy atom. The van der Waals surface area contributed by atoms with E-state index in [2.05, 4.69) is 47.9 Å². The third kappa shape index (κ3) is 6.44. The fraction of sp³-hybridized carbons (Fsp3) is 0.364. The standard InChI is InChI=1S/C33H40N6O4/c1-5-19-43-33(42)39-21-28(34-31(40)25-11-13-26(14-12-25)37-17-15-36(4)16-18-37)27-20-38(22-29(27)39)32(41)35-30-23(6-2)9-8-10-24(30)7-3/h5,8-14,21H,1,6-7,15-20,22H2,2-4H3,(H,34,40)(H,35,41). The van der Waals surface area contributed by atoms with Crippen LogP contribution in [0.4, 0.5) is 26.7 Å². The summed E-state index contributed by atoms with van der Waals surface area (Å²) in [5.41, 5.74) is 6.32. The summed E-state index contributed by atoms with van der Waals surface area (Å²) in [6.07, 6.45) is 4.04. The minimum absolute atomic E-state index is 0.0466. The number of nitrogens with one attached hydrogen (secondary N) is 2. The number of likely N-dealkylation sites (N-methyl/N-ethyl adjacent to an activating group) is 1. The molecule has 0 saturated carbocycles. The van der Waals surface area contributed by atoms with E-state index in [1.54, 1.807) is 11.1 Å². The monoisotopic (exact) mass is 584 g/mol. The molecule has 2 aliphatic heterocycles. The van der Waals surface area contributed by atoms with Crippen molar-refractivity contribution in [2.45, 2.75) is 39.8 Å². The zero-order valence-electron chi connectivity index (χ0n) is 25.2. The molecule has 43 heavy (non-hydrogen) atoms. The molecule has 2 aromatic carbocycles. The maximum absolute atomic E-state index is 13.5. The first-order chi connectivity index (χ1) is 20.8. The summed E-state index contributed by atoms with van der Waals surface area (Å²) in [7, 11) is 2.12. The van der Waals surface area contributed by atoms with Crippen LogP contribution in [-0.2, 0) is 30.7 Å². The van der Waals surface area contributed by atoms with Gasteiger partial charge in [-0.05, 0) is 55.3 Å². The van der Waals surface area contributed by atoms with Crippen LogP contribution in [0.5, 0.6) is 0 Å². The van der Waals surface area contributed by atoms with Crippen LogP contribution in [0.2, 0.25) is 0 Å². The van der Waals surface area contributed by atoms with Crippen molar-refractivity contribution in [3.8, 4) is 0 Å². The van der Waals surface area contributed by atoms with Crippen molar-refractivity contribution >= 4 is 35.1 Å². The van der Waals surface area contributed by atoms with Crippen LogP contribution in [0.25, 0.3) is 0 Å². The third-order valence-electron chi connectivity index (χ3n) is 8.20. The molecular weight excluding hydrogens is 544 g/mol. The first kappa shape index (κ1) is 29.9. The van der Waals surface area contributed by atoms with E-state index in [-0.39, 0.29) is 31.6 Å². The van der Waals surface area contributed by atoms with Gasteiger partial charge in [0, 0.05) is 54.9 Å². The smallest absolute Gasteiger partial charge is 0.418 e. The first-order valence-electron chi connectivity index (χ1n) is 14.9. The molecule has 0 radical (unpaired) electrons. The minimum atomic E-state index is -0.597. The summed E-state index contributed by atoms with van der Waals surface area (Å²) in [5, 5.41) is 6.08. The van der Waals surface area contributed by atoms with Crippen molar-refractivity contribution in [2.75, 3.05) is 55.4 Å². The van der Waals surface area contributed by atoms with E-state index in [1.807, 2.05) is 42.5 Å². The molecule has 1 aromatic heterocycles. The largest absolute Gasteiger partial charge is 0.445 e. The van der Waals surface area contributed by atoms with Gasteiger partial charge >= 0.3 is 12.1 Å². The van der Waals surface area contributed by atoms with Gasteiger partial charge in [0.25, 0.3) is 5.91 Å². The number of aryl methyl sites for hydroxylation is 2. The van der Waals surface area contributed by atoms with Crippen molar-refractivity contribution < 1.29 is 19.1 Å². The number of carbonyl (C=O) groups excluding carboxylic acids is 3. The van der Waals surface area contributed by atoms with Gasteiger partial charge in [-0.15, -0.1) is 0 Å². The van der Waals surface area contributed by atoms with Gasteiger partial charge in [-0.25, -0.2) is 9.59 Å². The fourth-order valence-electron chi connectivity index (χ4n) is 5.65. The molecule has 10 nitrogen and oxygen atoms in total. The van der Waals surface area contributed by atoms with Crippen LogP contribution in [0.3, 0.4) is 0 Å². The van der Waals surface area contributed by atoms with Gasteiger partial charge in [0.15, 0.2) is 0 Å². The summed E-state index contributed by atoms with van der Waals surface area (Å²) < 4.78 is 6.67. The number of nitrogens with zero attached hydrogens (tertiary/aromatic N) is 4. The molecule has 0 unspecified atom stereocenters. The molecule has 0 spiro atoms. The predicted octanol–water partition coefficient (Wildman–Crippen LogP) is 5.34. The van der Waals surface area contributed by atoms with Crippen LogP contribution in [0.1, 0.15) is 46.6 Å². The zero-order valence-corrected chi connectivity index (χ0v) is 25.2. The molecular formula is C33H40N6O4. The number of benzene rings is 2. The summed E-state index contributed by atoms with van der Waals surface area (Å²) >= 11 is 0. The number of piperazine rings is 1. The van der Waals surface area contributed by atoms with Gasteiger partial charge in [-0.2, -0.15) is 0 Å². The Labute approximate surface area is 252 Å². The van der Waals surface area contributed by atoms with Gasteiger partial charge in [-0.3, -0.25) is 9.36 Å². The van der Waals surface area contributed by atoms with E-state index in [0.29, 0.717) is 22.5 Å².